The van der Waals surface area contributed by atoms with Crippen LogP contribution in [0, 0.1) is 13.8 Å². The number of hydrogen-bond donors (Lipinski definition) is 0. The van der Waals surface area contributed by atoms with Crippen molar-refractivity contribution in [3.63, 3.8) is 0 Å². The highest BCUT2D eigenvalue weighted by Gasteiger charge is 2.25. The first-order valence-electron chi connectivity index (χ1n) is 11.3. The van der Waals surface area contributed by atoms with Gasteiger partial charge >= 0.3 is 11.7 Å². The van der Waals surface area contributed by atoms with Crippen molar-refractivity contribution >= 4 is 22.9 Å². The first kappa shape index (κ1) is 22.4. The molecule has 0 fully saturated rings. The van der Waals surface area contributed by atoms with E-state index in [1.165, 1.54) is 11.6 Å². The summed E-state index contributed by atoms with van der Waals surface area (Å²) in [5, 5.41) is 0. The fourth-order valence-corrected chi connectivity index (χ4v) is 4.47. The van der Waals surface area contributed by atoms with Crippen LogP contribution in [0.5, 0.6) is 0 Å². The van der Waals surface area contributed by atoms with Gasteiger partial charge in [0.15, 0.2) is 11.2 Å². The molecule has 0 saturated heterocycles. The predicted molar refractivity (Wildman–Crippen MR) is 133 cm³/mol. The molecule has 9 nitrogen and oxygen atoms in total. The number of hydrogen-bond acceptors (Lipinski definition) is 5. The van der Waals surface area contributed by atoms with Gasteiger partial charge in [0.05, 0.1) is 17.9 Å². The molecule has 0 saturated carbocycles. The highest BCUT2D eigenvalue weighted by Crippen LogP contribution is 2.32. The van der Waals surface area contributed by atoms with Gasteiger partial charge in [-0.15, -0.1) is 0 Å². The number of carbonyl (C=O) groups is 1. The summed E-state index contributed by atoms with van der Waals surface area (Å²) in [5.41, 5.74) is 4.71. The van der Waals surface area contributed by atoms with E-state index in [4.69, 9.17) is 9.72 Å². The number of nitrogens with zero attached hydrogens (tertiary/aromatic N) is 5. The van der Waals surface area contributed by atoms with Crippen molar-refractivity contribution in [2.75, 3.05) is 6.61 Å². The molecule has 0 aliphatic heterocycles. The van der Waals surface area contributed by atoms with Crippen LogP contribution in [0.3, 0.4) is 0 Å². The van der Waals surface area contributed by atoms with Gasteiger partial charge in [0, 0.05) is 31.0 Å². The van der Waals surface area contributed by atoms with Crippen molar-refractivity contribution in [1.82, 2.24) is 23.1 Å². The molecule has 0 radical (unpaired) electrons. The first-order chi connectivity index (χ1) is 16.7. The Balaban J connectivity index is 1.88. The second-order valence-electron chi connectivity index (χ2n) is 8.53. The molecular weight excluding hydrogens is 446 g/mol. The molecule has 0 unspecified atom stereocenters. The number of carbonyl (C=O) groups excluding carboxylic acids is 1. The minimum Gasteiger partial charge on any atom is -0.462 e. The maximum absolute atomic E-state index is 13.2. The van der Waals surface area contributed by atoms with Crippen LogP contribution in [-0.4, -0.2) is 35.7 Å². The Kier molecular flexibility index (Phi) is 5.20. The Bertz CT molecular complexity index is 1730. The second kappa shape index (κ2) is 8.12. The summed E-state index contributed by atoms with van der Waals surface area (Å²) < 4.78 is 11.3. The molecule has 0 spiro atoms. The minimum absolute atomic E-state index is 0.296. The standard InChI is InChI=1S/C26H25N5O4/c1-6-35-24(33)18-11-13-19(14-12-18)31-20(17-9-7-15(2)8-10-17)16(3)30-21-22(27-25(30)31)28(4)26(34)29(5)23(21)32/h7-14H,6H2,1-5H3. The van der Waals surface area contributed by atoms with Crippen molar-refractivity contribution in [2.45, 2.75) is 20.8 Å². The average Bonchev–Trinajstić information content (AvgIpc) is 3.38. The summed E-state index contributed by atoms with van der Waals surface area (Å²) in [6.07, 6.45) is 0. The van der Waals surface area contributed by atoms with E-state index in [0.29, 0.717) is 29.1 Å². The normalized spacial score (nSPS) is 11.5. The number of esters is 1. The van der Waals surface area contributed by atoms with Crippen LogP contribution >= 0.6 is 0 Å². The molecule has 35 heavy (non-hydrogen) atoms. The molecule has 0 amide bonds. The van der Waals surface area contributed by atoms with Gasteiger partial charge in [-0.1, -0.05) is 29.8 Å². The Morgan fingerprint density at radius 3 is 2.23 bits per heavy atom. The van der Waals surface area contributed by atoms with E-state index in [2.05, 4.69) is 0 Å². The largest absolute Gasteiger partial charge is 0.462 e. The number of ether oxygens (including phenoxy) is 1. The molecule has 0 N–H and O–H groups in total. The maximum Gasteiger partial charge on any atom is 0.338 e. The zero-order valence-electron chi connectivity index (χ0n) is 20.2. The van der Waals surface area contributed by atoms with Crippen molar-refractivity contribution < 1.29 is 9.53 Å². The summed E-state index contributed by atoms with van der Waals surface area (Å²) >= 11 is 0. The summed E-state index contributed by atoms with van der Waals surface area (Å²) in [6, 6.07) is 15.1. The van der Waals surface area contributed by atoms with Crippen LogP contribution in [0.1, 0.15) is 28.5 Å². The van der Waals surface area contributed by atoms with Crippen LogP contribution in [-0.2, 0) is 18.8 Å². The first-order valence-corrected chi connectivity index (χ1v) is 11.3. The smallest absolute Gasteiger partial charge is 0.338 e. The quantitative estimate of drug-likeness (QED) is 0.376. The average molecular weight is 472 g/mol. The second-order valence-corrected chi connectivity index (χ2v) is 8.53. The SMILES string of the molecule is CCOC(=O)c1ccc(-n2c(-c3ccc(C)cc3)c(C)n3c4c(=O)n(C)c(=O)n(C)c4nc23)cc1. The summed E-state index contributed by atoms with van der Waals surface area (Å²) in [4.78, 5) is 42.6. The molecule has 3 aromatic heterocycles. The molecule has 5 aromatic rings. The van der Waals surface area contributed by atoms with E-state index in [1.807, 2.05) is 54.8 Å². The number of aromatic nitrogens is 5. The highest BCUT2D eigenvalue weighted by molar-refractivity contribution is 5.90. The van der Waals surface area contributed by atoms with E-state index in [-0.39, 0.29) is 0 Å². The lowest BCUT2D eigenvalue weighted by Crippen LogP contribution is -2.37. The van der Waals surface area contributed by atoms with E-state index in [1.54, 1.807) is 30.5 Å². The third kappa shape index (κ3) is 3.30. The van der Waals surface area contributed by atoms with Gasteiger partial charge in [0.2, 0.25) is 5.78 Å². The van der Waals surface area contributed by atoms with Gasteiger partial charge in [-0.3, -0.25) is 22.9 Å². The molecule has 5 rings (SSSR count). The van der Waals surface area contributed by atoms with Gasteiger partial charge in [-0.2, -0.15) is 4.98 Å². The summed E-state index contributed by atoms with van der Waals surface area (Å²) in [5.74, 6) is 0.104. The predicted octanol–water partition coefficient (Wildman–Crippen LogP) is 3.14. The lowest BCUT2D eigenvalue weighted by atomic mass is 10.1. The van der Waals surface area contributed by atoms with Gasteiger partial charge < -0.3 is 4.74 Å². The molecule has 2 aromatic carbocycles. The third-order valence-corrected chi connectivity index (χ3v) is 6.30. The zero-order chi connectivity index (χ0) is 25.0. The van der Waals surface area contributed by atoms with Crippen molar-refractivity contribution in [2.24, 2.45) is 14.1 Å². The van der Waals surface area contributed by atoms with E-state index in [0.717, 1.165) is 32.8 Å². The van der Waals surface area contributed by atoms with Crippen LogP contribution in [0.2, 0.25) is 0 Å². The van der Waals surface area contributed by atoms with Crippen LogP contribution < -0.4 is 11.2 Å². The summed E-state index contributed by atoms with van der Waals surface area (Å²) in [7, 11) is 3.07. The van der Waals surface area contributed by atoms with Crippen LogP contribution in [0.4, 0.5) is 0 Å². The molecule has 0 bridgehead atoms. The topological polar surface area (TPSA) is 92.5 Å². The number of aryl methyl sites for hydroxylation is 3. The molecule has 178 valence electrons. The van der Waals surface area contributed by atoms with Crippen LogP contribution in [0.25, 0.3) is 33.9 Å². The van der Waals surface area contributed by atoms with Gasteiger partial charge in [0.25, 0.3) is 5.56 Å². The van der Waals surface area contributed by atoms with E-state index < -0.39 is 17.2 Å². The Morgan fingerprint density at radius 1 is 0.943 bits per heavy atom. The van der Waals surface area contributed by atoms with Gasteiger partial charge in [-0.05, 0) is 45.0 Å². The third-order valence-electron chi connectivity index (χ3n) is 6.30. The fourth-order valence-electron chi connectivity index (χ4n) is 4.47. The molecule has 3 heterocycles. The monoisotopic (exact) mass is 471 g/mol. The Hall–Kier alpha value is -4.40. The number of fused-ring (bicyclic) bond motifs is 3. The van der Waals surface area contributed by atoms with Crippen molar-refractivity contribution in [1.29, 1.82) is 0 Å². The zero-order valence-corrected chi connectivity index (χ0v) is 20.2. The summed E-state index contributed by atoms with van der Waals surface area (Å²) in [6.45, 7) is 6.01. The highest BCUT2D eigenvalue weighted by atomic mass is 16.5. The number of benzene rings is 2. The number of imidazole rings is 2. The van der Waals surface area contributed by atoms with E-state index >= 15 is 0 Å². The maximum atomic E-state index is 13.2. The molecule has 0 aliphatic carbocycles. The molecule has 0 atom stereocenters. The lowest BCUT2D eigenvalue weighted by Gasteiger charge is -2.11. The van der Waals surface area contributed by atoms with E-state index in [9.17, 15) is 14.4 Å². The Morgan fingerprint density at radius 2 is 1.60 bits per heavy atom. The van der Waals surface area contributed by atoms with Crippen molar-refractivity contribution in [3.05, 3.63) is 86.2 Å². The Labute approximate surface area is 200 Å². The lowest BCUT2D eigenvalue weighted by molar-refractivity contribution is 0.0526. The molecule has 0 aliphatic rings. The molecule has 9 heteroatoms. The molecular formula is C26H25N5O4. The van der Waals surface area contributed by atoms with Crippen molar-refractivity contribution in [3.8, 4) is 16.9 Å². The number of rotatable bonds is 4. The van der Waals surface area contributed by atoms with Gasteiger partial charge in [-0.25, -0.2) is 9.59 Å². The van der Waals surface area contributed by atoms with Crippen LogP contribution in [0.15, 0.2) is 58.1 Å². The fraction of sp³-hybridized carbons (Fsp3) is 0.231. The minimum atomic E-state index is -0.440. The van der Waals surface area contributed by atoms with Gasteiger partial charge in [0.1, 0.15) is 0 Å².